The fourth-order valence-electron chi connectivity index (χ4n) is 2.88. The molecular weight excluding hydrogens is 248 g/mol. The molecule has 0 aromatic carbocycles. The van der Waals surface area contributed by atoms with Gasteiger partial charge in [0.15, 0.2) is 0 Å². The summed E-state index contributed by atoms with van der Waals surface area (Å²) in [7, 11) is 0. The Labute approximate surface area is 123 Å². The van der Waals surface area contributed by atoms with Crippen LogP contribution >= 0.6 is 0 Å². The molecule has 1 aliphatic rings. The van der Waals surface area contributed by atoms with Gasteiger partial charge in [0.25, 0.3) is 0 Å². The van der Waals surface area contributed by atoms with Gasteiger partial charge in [0.1, 0.15) is 5.76 Å². The minimum atomic E-state index is 0.127. The number of likely N-dealkylation sites (tertiary alicyclic amines) is 1. The Hall–Kier alpha value is -0.800. The van der Waals surface area contributed by atoms with E-state index in [1.807, 2.05) is 6.26 Å². The molecule has 3 heteroatoms. The summed E-state index contributed by atoms with van der Waals surface area (Å²) in [6.07, 6.45) is 5.87. The molecule has 0 amide bonds. The molecule has 1 saturated heterocycles. The van der Waals surface area contributed by atoms with Crippen LogP contribution in [0.25, 0.3) is 0 Å². The van der Waals surface area contributed by atoms with E-state index in [0.29, 0.717) is 0 Å². The molecule has 114 valence electrons. The second-order valence-electron chi connectivity index (χ2n) is 7.12. The van der Waals surface area contributed by atoms with Crippen LogP contribution in [-0.2, 0) is 13.1 Å². The topological polar surface area (TPSA) is 28.4 Å². The summed E-state index contributed by atoms with van der Waals surface area (Å²) in [6.45, 7) is 13.2. The van der Waals surface area contributed by atoms with Crippen LogP contribution < -0.4 is 5.32 Å². The van der Waals surface area contributed by atoms with Crippen LogP contribution in [0.4, 0.5) is 0 Å². The molecule has 2 heterocycles. The second-order valence-corrected chi connectivity index (χ2v) is 7.12. The minimum absolute atomic E-state index is 0.127. The van der Waals surface area contributed by atoms with Crippen molar-refractivity contribution >= 4 is 0 Å². The van der Waals surface area contributed by atoms with Gasteiger partial charge in [0, 0.05) is 24.2 Å². The van der Waals surface area contributed by atoms with E-state index in [9.17, 15) is 0 Å². The summed E-state index contributed by atoms with van der Waals surface area (Å²) >= 11 is 0. The maximum atomic E-state index is 5.67. The molecule has 2 rings (SSSR count). The van der Waals surface area contributed by atoms with Crippen molar-refractivity contribution in [3.8, 4) is 0 Å². The first-order chi connectivity index (χ1) is 9.48. The van der Waals surface area contributed by atoms with Gasteiger partial charge in [-0.1, -0.05) is 13.3 Å². The molecule has 1 fully saturated rings. The Kier molecular flexibility index (Phi) is 5.28. The van der Waals surface area contributed by atoms with Gasteiger partial charge in [0.2, 0.25) is 0 Å². The summed E-state index contributed by atoms with van der Waals surface area (Å²) in [5, 5.41) is 3.51. The first-order valence-corrected chi connectivity index (χ1v) is 8.00. The van der Waals surface area contributed by atoms with Gasteiger partial charge < -0.3 is 9.73 Å². The molecule has 0 saturated carbocycles. The van der Waals surface area contributed by atoms with Crippen LogP contribution in [0.5, 0.6) is 0 Å². The van der Waals surface area contributed by atoms with Gasteiger partial charge in [-0.15, -0.1) is 0 Å². The third kappa shape index (κ3) is 4.64. The lowest BCUT2D eigenvalue weighted by Gasteiger charge is -2.32. The Bertz CT molecular complexity index is 405. The standard InChI is InChI=1S/C17H30N2O/c1-5-14-7-6-9-19(12-14)13-15-8-10-20-16(15)11-18-17(2,3)4/h8,10,14,18H,5-7,9,11-13H2,1-4H3. The summed E-state index contributed by atoms with van der Waals surface area (Å²) in [4.78, 5) is 2.59. The van der Waals surface area contributed by atoms with E-state index in [1.54, 1.807) is 0 Å². The Balaban J connectivity index is 1.91. The number of piperidine rings is 1. The van der Waals surface area contributed by atoms with Crippen LogP contribution in [0.1, 0.15) is 58.3 Å². The quantitative estimate of drug-likeness (QED) is 0.888. The van der Waals surface area contributed by atoms with Crippen molar-refractivity contribution in [1.29, 1.82) is 0 Å². The van der Waals surface area contributed by atoms with Crippen LogP contribution in [0.15, 0.2) is 16.7 Å². The van der Waals surface area contributed by atoms with Gasteiger partial charge >= 0.3 is 0 Å². The normalized spacial score (nSPS) is 21.3. The molecule has 3 nitrogen and oxygen atoms in total. The van der Waals surface area contributed by atoms with Crippen molar-refractivity contribution in [3.05, 3.63) is 23.7 Å². The van der Waals surface area contributed by atoms with Crippen molar-refractivity contribution < 1.29 is 4.42 Å². The maximum Gasteiger partial charge on any atom is 0.122 e. The third-order valence-corrected chi connectivity index (χ3v) is 4.19. The molecule has 0 radical (unpaired) electrons. The summed E-state index contributed by atoms with van der Waals surface area (Å²) in [5.74, 6) is 1.98. The molecule has 1 aliphatic heterocycles. The molecular formula is C17H30N2O. The maximum absolute atomic E-state index is 5.67. The van der Waals surface area contributed by atoms with Crippen molar-refractivity contribution in [3.63, 3.8) is 0 Å². The highest BCUT2D eigenvalue weighted by atomic mass is 16.3. The van der Waals surface area contributed by atoms with Gasteiger partial charge in [-0.25, -0.2) is 0 Å². The van der Waals surface area contributed by atoms with E-state index in [4.69, 9.17) is 4.42 Å². The summed E-state index contributed by atoms with van der Waals surface area (Å²) in [6, 6.07) is 2.13. The largest absolute Gasteiger partial charge is 0.468 e. The van der Waals surface area contributed by atoms with E-state index < -0.39 is 0 Å². The lowest BCUT2D eigenvalue weighted by Crippen LogP contribution is -2.36. The van der Waals surface area contributed by atoms with Crippen molar-refractivity contribution in [1.82, 2.24) is 10.2 Å². The van der Waals surface area contributed by atoms with Crippen LogP contribution in [0.2, 0.25) is 0 Å². The number of hydrogen-bond donors (Lipinski definition) is 1. The number of rotatable bonds is 5. The SMILES string of the molecule is CCC1CCCN(Cc2ccoc2CNC(C)(C)C)C1. The van der Waals surface area contributed by atoms with Gasteiger partial charge in [-0.3, -0.25) is 4.90 Å². The molecule has 1 aromatic rings. The van der Waals surface area contributed by atoms with Gasteiger partial charge in [0.05, 0.1) is 12.8 Å². The Morgan fingerprint density at radius 3 is 2.90 bits per heavy atom. The zero-order chi connectivity index (χ0) is 14.6. The van der Waals surface area contributed by atoms with E-state index in [2.05, 4.69) is 44.0 Å². The second kappa shape index (κ2) is 6.77. The fraction of sp³-hybridized carbons (Fsp3) is 0.765. The Morgan fingerprint density at radius 2 is 2.20 bits per heavy atom. The fourth-order valence-corrected chi connectivity index (χ4v) is 2.88. The van der Waals surface area contributed by atoms with E-state index in [-0.39, 0.29) is 5.54 Å². The van der Waals surface area contributed by atoms with E-state index >= 15 is 0 Å². The number of nitrogens with zero attached hydrogens (tertiary/aromatic N) is 1. The van der Waals surface area contributed by atoms with Gasteiger partial charge in [-0.2, -0.15) is 0 Å². The highest BCUT2D eigenvalue weighted by Crippen LogP contribution is 2.22. The summed E-state index contributed by atoms with van der Waals surface area (Å²) < 4.78 is 5.67. The van der Waals surface area contributed by atoms with Crippen LogP contribution in [-0.4, -0.2) is 23.5 Å². The molecule has 1 atom stereocenters. The zero-order valence-electron chi connectivity index (χ0n) is 13.5. The molecule has 0 aliphatic carbocycles. The highest BCUT2D eigenvalue weighted by molar-refractivity contribution is 5.17. The molecule has 0 spiro atoms. The van der Waals surface area contributed by atoms with Gasteiger partial charge in [-0.05, 0) is 52.1 Å². The number of furan rings is 1. The lowest BCUT2D eigenvalue weighted by atomic mass is 9.95. The number of hydrogen-bond acceptors (Lipinski definition) is 3. The average Bonchev–Trinajstić information content (AvgIpc) is 2.83. The first kappa shape index (κ1) is 15.6. The predicted octanol–water partition coefficient (Wildman–Crippen LogP) is 3.79. The van der Waals surface area contributed by atoms with E-state index in [1.165, 1.54) is 37.9 Å². The molecule has 1 N–H and O–H groups in total. The van der Waals surface area contributed by atoms with E-state index in [0.717, 1.165) is 24.8 Å². The predicted molar refractivity (Wildman–Crippen MR) is 83.6 cm³/mol. The zero-order valence-corrected chi connectivity index (χ0v) is 13.5. The van der Waals surface area contributed by atoms with Crippen molar-refractivity contribution in [2.45, 2.75) is 65.6 Å². The average molecular weight is 278 g/mol. The highest BCUT2D eigenvalue weighted by Gasteiger charge is 2.20. The summed E-state index contributed by atoms with van der Waals surface area (Å²) in [5.41, 5.74) is 1.47. The first-order valence-electron chi connectivity index (χ1n) is 8.00. The lowest BCUT2D eigenvalue weighted by molar-refractivity contribution is 0.163. The number of nitrogens with one attached hydrogen (secondary N) is 1. The Morgan fingerprint density at radius 1 is 1.40 bits per heavy atom. The van der Waals surface area contributed by atoms with Crippen molar-refractivity contribution in [2.24, 2.45) is 5.92 Å². The van der Waals surface area contributed by atoms with Crippen LogP contribution in [0, 0.1) is 5.92 Å². The van der Waals surface area contributed by atoms with Crippen molar-refractivity contribution in [2.75, 3.05) is 13.1 Å². The molecule has 20 heavy (non-hydrogen) atoms. The molecule has 1 unspecified atom stereocenters. The minimum Gasteiger partial charge on any atom is -0.468 e. The smallest absolute Gasteiger partial charge is 0.122 e. The third-order valence-electron chi connectivity index (χ3n) is 4.19. The van der Waals surface area contributed by atoms with Crippen LogP contribution in [0.3, 0.4) is 0 Å². The molecule has 0 bridgehead atoms. The molecule has 1 aromatic heterocycles. The monoisotopic (exact) mass is 278 g/mol.